The first-order valence-electron chi connectivity index (χ1n) is 7.65. The summed E-state index contributed by atoms with van der Waals surface area (Å²) in [4.78, 5) is 21.0. The van der Waals surface area contributed by atoms with Crippen LogP contribution in [0.2, 0.25) is 0 Å². The summed E-state index contributed by atoms with van der Waals surface area (Å²) in [5.74, 6) is 1.11. The Bertz CT molecular complexity index is 812. The minimum Gasteiger partial charge on any atom is -0.445 e. The molecule has 3 N–H and O–H groups in total. The SMILES string of the molecule is Cc1nc(C(=O)Nc2cccc(C3(C)COCC(N)=N3)c2)c(C)o1. The summed E-state index contributed by atoms with van der Waals surface area (Å²) in [7, 11) is 0. The van der Waals surface area contributed by atoms with E-state index >= 15 is 0 Å². The Morgan fingerprint density at radius 1 is 1.38 bits per heavy atom. The molecule has 1 unspecified atom stereocenters. The number of amides is 1. The summed E-state index contributed by atoms with van der Waals surface area (Å²) >= 11 is 0. The number of nitrogens with two attached hydrogens (primary N) is 1. The van der Waals surface area contributed by atoms with Gasteiger partial charge in [0.15, 0.2) is 11.6 Å². The molecule has 1 aromatic carbocycles. The van der Waals surface area contributed by atoms with E-state index < -0.39 is 5.54 Å². The highest BCUT2D eigenvalue weighted by atomic mass is 16.5. The van der Waals surface area contributed by atoms with Crippen molar-refractivity contribution in [3.05, 3.63) is 47.2 Å². The van der Waals surface area contributed by atoms with E-state index in [4.69, 9.17) is 14.9 Å². The number of carbonyl (C=O) groups is 1. The number of ether oxygens (including phenoxy) is 1. The molecule has 7 nitrogen and oxygen atoms in total. The van der Waals surface area contributed by atoms with Gasteiger partial charge in [-0.3, -0.25) is 9.79 Å². The number of nitrogens with one attached hydrogen (secondary N) is 1. The number of benzene rings is 1. The zero-order valence-corrected chi connectivity index (χ0v) is 13.9. The first kappa shape index (κ1) is 16.2. The van der Waals surface area contributed by atoms with Gasteiger partial charge in [-0.25, -0.2) is 4.98 Å². The second-order valence-corrected chi connectivity index (χ2v) is 6.04. The quantitative estimate of drug-likeness (QED) is 0.898. The average molecular weight is 328 g/mol. The molecule has 1 atom stereocenters. The lowest BCUT2D eigenvalue weighted by atomic mass is 9.92. The molecule has 0 saturated heterocycles. The minimum atomic E-state index is -0.566. The highest BCUT2D eigenvalue weighted by molar-refractivity contribution is 6.03. The van der Waals surface area contributed by atoms with Crippen molar-refractivity contribution in [2.24, 2.45) is 10.7 Å². The van der Waals surface area contributed by atoms with Crippen molar-refractivity contribution < 1.29 is 13.9 Å². The van der Waals surface area contributed by atoms with Crippen molar-refractivity contribution in [1.82, 2.24) is 4.98 Å². The number of amidine groups is 1. The smallest absolute Gasteiger partial charge is 0.277 e. The van der Waals surface area contributed by atoms with Gasteiger partial charge in [0.25, 0.3) is 5.91 Å². The van der Waals surface area contributed by atoms with Gasteiger partial charge in [0, 0.05) is 12.6 Å². The Hall–Kier alpha value is -2.67. The predicted molar refractivity (Wildman–Crippen MR) is 90.2 cm³/mol. The molecule has 7 heteroatoms. The van der Waals surface area contributed by atoms with E-state index in [0.717, 1.165) is 5.56 Å². The van der Waals surface area contributed by atoms with E-state index in [-0.39, 0.29) is 11.6 Å². The second kappa shape index (κ2) is 6.09. The third-order valence-electron chi connectivity index (χ3n) is 3.88. The summed E-state index contributed by atoms with van der Waals surface area (Å²) in [6, 6.07) is 7.47. The molecule has 1 aromatic heterocycles. The molecule has 2 heterocycles. The molecule has 1 aliphatic rings. The Kier molecular flexibility index (Phi) is 4.11. The van der Waals surface area contributed by atoms with E-state index in [9.17, 15) is 4.79 Å². The van der Waals surface area contributed by atoms with Gasteiger partial charge in [0.1, 0.15) is 23.7 Å². The zero-order chi connectivity index (χ0) is 17.3. The Balaban J connectivity index is 1.85. The summed E-state index contributed by atoms with van der Waals surface area (Å²) in [5.41, 5.74) is 7.08. The van der Waals surface area contributed by atoms with Gasteiger partial charge < -0.3 is 20.2 Å². The maximum absolute atomic E-state index is 12.4. The molecule has 3 rings (SSSR count). The normalized spacial score (nSPS) is 20.5. The van der Waals surface area contributed by atoms with Crippen LogP contribution in [0.15, 0.2) is 33.7 Å². The lowest BCUT2D eigenvalue weighted by molar-refractivity contribution is 0.102. The predicted octanol–water partition coefficient (Wildman–Crippen LogP) is 2.15. The lowest BCUT2D eigenvalue weighted by Crippen LogP contribution is -2.37. The van der Waals surface area contributed by atoms with Crippen LogP contribution in [0.5, 0.6) is 0 Å². The Morgan fingerprint density at radius 3 is 2.83 bits per heavy atom. The fourth-order valence-corrected chi connectivity index (χ4v) is 2.75. The number of aliphatic imine (C=N–C) groups is 1. The topological polar surface area (TPSA) is 103 Å². The van der Waals surface area contributed by atoms with Crippen LogP contribution in [0.4, 0.5) is 5.69 Å². The van der Waals surface area contributed by atoms with Gasteiger partial charge >= 0.3 is 0 Å². The first-order chi connectivity index (χ1) is 11.4. The molecule has 0 saturated carbocycles. The molecular formula is C17H20N4O3. The number of oxazole rings is 1. The largest absolute Gasteiger partial charge is 0.445 e. The molecule has 0 radical (unpaired) electrons. The van der Waals surface area contributed by atoms with Gasteiger partial charge in [-0.2, -0.15) is 0 Å². The summed E-state index contributed by atoms with van der Waals surface area (Å²) in [6.07, 6.45) is 0. The molecule has 24 heavy (non-hydrogen) atoms. The number of carbonyl (C=O) groups excluding carboxylic acids is 1. The van der Waals surface area contributed by atoms with Gasteiger partial charge in [-0.1, -0.05) is 12.1 Å². The summed E-state index contributed by atoms with van der Waals surface area (Å²) < 4.78 is 10.8. The molecule has 2 aromatic rings. The number of aromatic nitrogens is 1. The van der Waals surface area contributed by atoms with Crippen molar-refractivity contribution in [3.8, 4) is 0 Å². The Labute approximate surface area is 139 Å². The third kappa shape index (κ3) is 3.16. The van der Waals surface area contributed by atoms with Crippen molar-refractivity contribution >= 4 is 17.4 Å². The average Bonchev–Trinajstić information content (AvgIpc) is 2.86. The van der Waals surface area contributed by atoms with E-state index in [1.165, 1.54) is 0 Å². The van der Waals surface area contributed by atoms with Crippen LogP contribution in [0, 0.1) is 13.8 Å². The number of hydrogen-bond acceptors (Lipinski definition) is 6. The van der Waals surface area contributed by atoms with E-state index in [0.29, 0.717) is 36.4 Å². The number of aryl methyl sites for hydroxylation is 2. The van der Waals surface area contributed by atoms with Crippen LogP contribution in [-0.2, 0) is 10.3 Å². The Morgan fingerprint density at radius 2 is 2.17 bits per heavy atom. The molecule has 0 spiro atoms. The minimum absolute atomic E-state index is 0.285. The highest BCUT2D eigenvalue weighted by Gasteiger charge is 2.30. The zero-order valence-electron chi connectivity index (χ0n) is 13.9. The number of hydrogen-bond donors (Lipinski definition) is 2. The van der Waals surface area contributed by atoms with Crippen LogP contribution in [0.25, 0.3) is 0 Å². The van der Waals surface area contributed by atoms with E-state index in [1.54, 1.807) is 13.8 Å². The molecule has 0 bridgehead atoms. The second-order valence-electron chi connectivity index (χ2n) is 6.04. The number of rotatable bonds is 3. The number of nitrogens with zero attached hydrogens (tertiary/aromatic N) is 2. The third-order valence-corrected chi connectivity index (χ3v) is 3.88. The molecule has 0 aliphatic carbocycles. The van der Waals surface area contributed by atoms with E-state index in [1.807, 2.05) is 31.2 Å². The van der Waals surface area contributed by atoms with Crippen LogP contribution in [-0.4, -0.2) is 29.9 Å². The van der Waals surface area contributed by atoms with Crippen LogP contribution < -0.4 is 11.1 Å². The van der Waals surface area contributed by atoms with E-state index in [2.05, 4.69) is 15.3 Å². The maximum atomic E-state index is 12.4. The lowest BCUT2D eigenvalue weighted by Gasteiger charge is -2.30. The first-order valence-corrected chi connectivity index (χ1v) is 7.65. The molecule has 126 valence electrons. The van der Waals surface area contributed by atoms with Crippen molar-refractivity contribution in [3.63, 3.8) is 0 Å². The monoisotopic (exact) mass is 328 g/mol. The fraction of sp³-hybridized carbons (Fsp3) is 0.353. The molecule has 1 aliphatic heterocycles. The van der Waals surface area contributed by atoms with Gasteiger partial charge in [-0.15, -0.1) is 0 Å². The number of anilines is 1. The van der Waals surface area contributed by atoms with Crippen LogP contribution in [0.1, 0.15) is 34.6 Å². The van der Waals surface area contributed by atoms with Gasteiger partial charge in [0.2, 0.25) is 0 Å². The highest BCUT2D eigenvalue weighted by Crippen LogP contribution is 2.30. The van der Waals surface area contributed by atoms with Gasteiger partial charge in [-0.05, 0) is 31.5 Å². The van der Waals surface area contributed by atoms with Crippen molar-refractivity contribution in [1.29, 1.82) is 0 Å². The van der Waals surface area contributed by atoms with Crippen molar-refractivity contribution in [2.75, 3.05) is 18.5 Å². The standard InChI is InChI=1S/C17H20N4O3/c1-10-15(19-11(2)24-10)16(22)20-13-6-4-5-12(7-13)17(3)9-23-8-14(18)21-17/h4-7H,8-9H2,1-3H3,(H2,18,21)(H,20,22). The fourth-order valence-electron chi connectivity index (χ4n) is 2.75. The van der Waals surface area contributed by atoms with Crippen molar-refractivity contribution in [2.45, 2.75) is 26.3 Å². The van der Waals surface area contributed by atoms with Crippen LogP contribution in [0.3, 0.4) is 0 Å². The van der Waals surface area contributed by atoms with Gasteiger partial charge in [0.05, 0.1) is 6.61 Å². The molecule has 0 fully saturated rings. The van der Waals surface area contributed by atoms with Crippen LogP contribution >= 0.6 is 0 Å². The molecule has 1 amide bonds. The summed E-state index contributed by atoms with van der Waals surface area (Å²) in [6.45, 7) is 6.15. The molecular weight excluding hydrogens is 308 g/mol. The summed E-state index contributed by atoms with van der Waals surface area (Å²) in [5, 5.41) is 2.84. The maximum Gasteiger partial charge on any atom is 0.277 e.